The van der Waals surface area contributed by atoms with Gasteiger partial charge in [0.05, 0.1) is 0 Å². The first-order valence-electron chi connectivity index (χ1n) is 6.00. The highest BCUT2D eigenvalue weighted by atomic mass is 16.2. The maximum absolute atomic E-state index is 11.8. The molecule has 3 nitrogen and oxygen atoms in total. The highest BCUT2D eigenvalue weighted by Gasteiger charge is 2.25. The Hall–Kier alpha value is -1.64. The first-order valence-corrected chi connectivity index (χ1v) is 6.00. The van der Waals surface area contributed by atoms with Gasteiger partial charge in [-0.1, -0.05) is 18.6 Å². The summed E-state index contributed by atoms with van der Waals surface area (Å²) in [5, 5.41) is 2.92. The van der Waals surface area contributed by atoms with Crippen molar-refractivity contribution in [2.24, 2.45) is 5.92 Å². The van der Waals surface area contributed by atoms with Crippen LogP contribution in [-0.4, -0.2) is 11.7 Å². The zero-order valence-corrected chi connectivity index (χ0v) is 10.2. The molecule has 90 valence electrons. The second-order valence-corrected chi connectivity index (χ2v) is 4.70. The van der Waals surface area contributed by atoms with E-state index in [4.69, 9.17) is 0 Å². The zero-order valence-electron chi connectivity index (χ0n) is 10.2. The maximum atomic E-state index is 11.8. The lowest BCUT2D eigenvalue weighted by molar-refractivity contribution is -0.122. The first-order chi connectivity index (χ1) is 8.08. The molecular weight excluding hydrogens is 214 g/mol. The SMILES string of the molecule is CC(=O)c1ccc(C)c(NC(=O)C2CCC2)c1. The Morgan fingerprint density at radius 3 is 2.53 bits per heavy atom. The van der Waals surface area contributed by atoms with Crippen molar-refractivity contribution in [1.29, 1.82) is 0 Å². The van der Waals surface area contributed by atoms with Crippen molar-refractivity contribution in [2.45, 2.75) is 33.1 Å². The lowest BCUT2D eigenvalue weighted by Crippen LogP contribution is -2.28. The van der Waals surface area contributed by atoms with Crippen molar-refractivity contribution >= 4 is 17.4 Å². The van der Waals surface area contributed by atoms with E-state index in [1.807, 2.05) is 13.0 Å². The van der Waals surface area contributed by atoms with Crippen LogP contribution in [0.2, 0.25) is 0 Å². The Balaban J connectivity index is 2.16. The number of carbonyl (C=O) groups is 2. The second-order valence-electron chi connectivity index (χ2n) is 4.70. The molecule has 0 spiro atoms. The molecule has 1 aliphatic rings. The van der Waals surface area contributed by atoms with E-state index >= 15 is 0 Å². The molecule has 17 heavy (non-hydrogen) atoms. The molecule has 2 rings (SSSR count). The van der Waals surface area contributed by atoms with Gasteiger partial charge in [0.25, 0.3) is 0 Å². The largest absolute Gasteiger partial charge is 0.326 e. The molecule has 0 saturated heterocycles. The van der Waals surface area contributed by atoms with Gasteiger partial charge in [-0.2, -0.15) is 0 Å². The summed E-state index contributed by atoms with van der Waals surface area (Å²) in [6, 6.07) is 5.41. The predicted octanol–water partition coefficient (Wildman–Crippen LogP) is 2.94. The van der Waals surface area contributed by atoms with Gasteiger partial charge >= 0.3 is 0 Å². The molecule has 3 heteroatoms. The van der Waals surface area contributed by atoms with Crippen molar-refractivity contribution in [3.63, 3.8) is 0 Å². The van der Waals surface area contributed by atoms with E-state index in [9.17, 15) is 9.59 Å². The standard InChI is InChI=1S/C14H17NO2/c1-9-6-7-12(10(2)16)8-13(9)15-14(17)11-4-3-5-11/h6-8,11H,3-5H2,1-2H3,(H,15,17). The van der Waals surface area contributed by atoms with E-state index in [1.165, 1.54) is 6.92 Å². The van der Waals surface area contributed by atoms with Crippen LogP contribution in [0.1, 0.15) is 42.1 Å². The van der Waals surface area contributed by atoms with E-state index in [2.05, 4.69) is 5.32 Å². The third kappa shape index (κ3) is 2.54. The van der Waals surface area contributed by atoms with E-state index < -0.39 is 0 Å². The minimum Gasteiger partial charge on any atom is -0.326 e. The van der Waals surface area contributed by atoms with Gasteiger partial charge in [-0.25, -0.2) is 0 Å². The molecule has 1 fully saturated rings. The van der Waals surface area contributed by atoms with Gasteiger partial charge in [-0.05, 0) is 38.3 Å². The summed E-state index contributed by atoms with van der Waals surface area (Å²) in [7, 11) is 0. The molecule has 0 atom stereocenters. The van der Waals surface area contributed by atoms with Crippen LogP contribution in [0.3, 0.4) is 0 Å². The fourth-order valence-electron chi connectivity index (χ4n) is 1.88. The van der Waals surface area contributed by atoms with Gasteiger partial charge < -0.3 is 5.32 Å². The molecule has 1 aromatic carbocycles. The number of aryl methyl sites for hydroxylation is 1. The van der Waals surface area contributed by atoms with Crippen molar-refractivity contribution in [3.05, 3.63) is 29.3 Å². The molecule has 0 aromatic heterocycles. The predicted molar refractivity (Wildman–Crippen MR) is 67.2 cm³/mol. The number of benzene rings is 1. The minimum atomic E-state index is 0.0177. The van der Waals surface area contributed by atoms with E-state index in [0.717, 1.165) is 30.5 Å². The average Bonchev–Trinajstić information content (AvgIpc) is 2.18. The molecule has 0 radical (unpaired) electrons. The lowest BCUT2D eigenvalue weighted by atomic mass is 9.84. The summed E-state index contributed by atoms with van der Waals surface area (Å²) in [4.78, 5) is 23.1. The number of ketones is 1. The van der Waals surface area contributed by atoms with Crippen molar-refractivity contribution in [3.8, 4) is 0 Å². The van der Waals surface area contributed by atoms with Crippen molar-refractivity contribution < 1.29 is 9.59 Å². The molecule has 1 aromatic rings. The smallest absolute Gasteiger partial charge is 0.227 e. The number of nitrogens with one attached hydrogen (secondary N) is 1. The summed E-state index contributed by atoms with van der Waals surface area (Å²) < 4.78 is 0. The lowest BCUT2D eigenvalue weighted by Gasteiger charge is -2.24. The number of carbonyl (C=O) groups excluding carboxylic acids is 2. The van der Waals surface area contributed by atoms with Gasteiger partial charge in [-0.3, -0.25) is 9.59 Å². The van der Waals surface area contributed by atoms with Gasteiger partial charge in [-0.15, -0.1) is 0 Å². The third-order valence-electron chi connectivity index (χ3n) is 3.38. The number of amides is 1. The van der Waals surface area contributed by atoms with E-state index in [-0.39, 0.29) is 17.6 Å². The van der Waals surface area contributed by atoms with Gasteiger partial charge in [0, 0.05) is 17.2 Å². The van der Waals surface area contributed by atoms with Crippen LogP contribution in [0.15, 0.2) is 18.2 Å². The van der Waals surface area contributed by atoms with Gasteiger partial charge in [0.1, 0.15) is 0 Å². The summed E-state index contributed by atoms with van der Waals surface area (Å²) >= 11 is 0. The van der Waals surface area contributed by atoms with Crippen LogP contribution in [0.4, 0.5) is 5.69 Å². The molecule has 1 aliphatic carbocycles. The van der Waals surface area contributed by atoms with Crippen molar-refractivity contribution in [1.82, 2.24) is 0 Å². The quantitative estimate of drug-likeness (QED) is 0.813. The number of Topliss-reactive ketones (excluding diaryl/α,β-unsaturated/α-hetero) is 1. The Bertz CT molecular complexity index is 461. The number of anilines is 1. The summed E-state index contributed by atoms with van der Waals surface area (Å²) in [6.07, 6.45) is 3.11. The maximum Gasteiger partial charge on any atom is 0.227 e. The molecule has 0 unspecified atom stereocenters. The molecule has 0 aliphatic heterocycles. The summed E-state index contributed by atoms with van der Waals surface area (Å²) in [6.45, 7) is 3.46. The highest BCUT2D eigenvalue weighted by molar-refractivity contribution is 5.98. The molecular formula is C14H17NO2. The minimum absolute atomic E-state index is 0.0177. The second kappa shape index (κ2) is 4.70. The fraction of sp³-hybridized carbons (Fsp3) is 0.429. The average molecular weight is 231 g/mol. The Labute approximate surface area is 101 Å². The molecule has 0 heterocycles. The van der Waals surface area contributed by atoms with Crippen molar-refractivity contribution in [2.75, 3.05) is 5.32 Å². The van der Waals surface area contributed by atoms with Gasteiger partial charge in [0.2, 0.25) is 5.91 Å². The topological polar surface area (TPSA) is 46.2 Å². The van der Waals surface area contributed by atoms with E-state index in [0.29, 0.717) is 5.56 Å². The van der Waals surface area contributed by atoms with E-state index in [1.54, 1.807) is 12.1 Å². The van der Waals surface area contributed by atoms with Crippen LogP contribution in [0.25, 0.3) is 0 Å². The molecule has 0 bridgehead atoms. The third-order valence-corrected chi connectivity index (χ3v) is 3.38. The Morgan fingerprint density at radius 2 is 2.00 bits per heavy atom. The van der Waals surface area contributed by atoms with Crippen LogP contribution in [0, 0.1) is 12.8 Å². The Morgan fingerprint density at radius 1 is 1.29 bits per heavy atom. The normalized spacial score (nSPS) is 15.2. The summed E-state index contributed by atoms with van der Waals surface area (Å²) in [5.41, 5.74) is 2.39. The molecule has 1 amide bonds. The number of hydrogen-bond acceptors (Lipinski definition) is 2. The van der Waals surface area contributed by atoms with Gasteiger partial charge in [0.15, 0.2) is 5.78 Å². The monoisotopic (exact) mass is 231 g/mol. The fourth-order valence-corrected chi connectivity index (χ4v) is 1.88. The number of hydrogen-bond donors (Lipinski definition) is 1. The van der Waals surface area contributed by atoms with Crippen LogP contribution < -0.4 is 5.32 Å². The Kier molecular flexibility index (Phi) is 3.27. The zero-order chi connectivity index (χ0) is 12.4. The first kappa shape index (κ1) is 11.8. The summed E-state index contributed by atoms with van der Waals surface area (Å²) in [5.74, 6) is 0.263. The van der Waals surface area contributed by atoms with Crippen LogP contribution >= 0.6 is 0 Å². The number of rotatable bonds is 3. The molecule has 1 N–H and O–H groups in total. The molecule has 1 saturated carbocycles. The highest BCUT2D eigenvalue weighted by Crippen LogP contribution is 2.28. The van der Waals surface area contributed by atoms with Crippen LogP contribution in [0.5, 0.6) is 0 Å². The van der Waals surface area contributed by atoms with Crippen LogP contribution in [-0.2, 0) is 4.79 Å².